The molecule has 1 fully saturated rings. The Morgan fingerprint density at radius 1 is 0.962 bits per heavy atom. The molecular weight excluding hydrogens is 322 g/mol. The average molecular weight is 347 g/mol. The van der Waals surface area contributed by atoms with Gasteiger partial charge in [0.05, 0.1) is 6.42 Å². The number of anilines is 1. The van der Waals surface area contributed by atoms with Crippen LogP contribution in [-0.2, 0) is 17.6 Å². The molecular formula is C22H25N3O. The Labute approximate surface area is 154 Å². The highest BCUT2D eigenvalue weighted by atomic mass is 16.2. The van der Waals surface area contributed by atoms with Crippen LogP contribution in [0.3, 0.4) is 0 Å². The fourth-order valence-electron chi connectivity index (χ4n) is 3.87. The van der Waals surface area contributed by atoms with Crippen molar-refractivity contribution >= 4 is 22.5 Å². The zero-order chi connectivity index (χ0) is 17.9. The summed E-state index contributed by atoms with van der Waals surface area (Å²) in [5.41, 5.74) is 4.88. The van der Waals surface area contributed by atoms with Gasteiger partial charge in [-0.1, -0.05) is 43.3 Å². The Hall–Kier alpha value is -2.75. The lowest BCUT2D eigenvalue weighted by atomic mass is 10.1. The second-order valence-electron chi connectivity index (χ2n) is 6.89. The second kappa shape index (κ2) is 7.24. The van der Waals surface area contributed by atoms with Crippen molar-refractivity contribution in [2.75, 3.05) is 31.1 Å². The van der Waals surface area contributed by atoms with Crippen molar-refractivity contribution in [1.82, 2.24) is 9.88 Å². The molecule has 1 aliphatic heterocycles. The first-order valence-electron chi connectivity index (χ1n) is 9.42. The number of para-hydroxylation sites is 2. The lowest BCUT2D eigenvalue weighted by Crippen LogP contribution is -2.49. The number of nitrogens with one attached hydrogen (secondary N) is 1. The van der Waals surface area contributed by atoms with Crippen molar-refractivity contribution in [2.45, 2.75) is 19.8 Å². The number of carbonyl (C=O) groups excluding carboxylic acids is 1. The van der Waals surface area contributed by atoms with Crippen molar-refractivity contribution in [3.63, 3.8) is 0 Å². The maximum absolute atomic E-state index is 12.8. The van der Waals surface area contributed by atoms with Gasteiger partial charge in [0.15, 0.2) is 0 Å². The van der Waals surface area contributed by atoms with Crippen LogP contribution in [0.5, 0.6) is 0 Å². The summed E-state index contributed by atoms with van der Waals surface area (Å²) in [6.07, 6.45) is 3.47. The first-order chi connectivity index (χ1) is 12.8. The van der Waals surface area contributed by atoms with Gasteiger partial charge in [-0.15, -0.1) is 0 Å². The van der Waals surface area contributed by atoms with Crippen LogP contribution >= 0.6 is 0 Å². The maximum Gasteiger partial charge on any atom is 0.227 e. The largest absolute Gasteiger partial charge is 0.368 e. The molecule has 134 valence electrons. The molecule has 1 aliphatic rings. The predicted octanol–water partition coefficient (Wildman–Crippen LogP) is 3.62. The van der Waals surface area contributed by atoms with Gasteiger partial charge in [0.2, 0.25) is 5.91 Å². The van der Waals surface area contributed by atoms with Crippen LogP contribution in [0.25, 0.3) is 10.9 Å². The number of aryl methyl sites for hydroxylation is 1. The molecule has 2 heterocycles. The predicted molar refractivity (Wildman–Crippen MR) is 107 cm³/mol. The van der Waals surface area contributed by atoms with Crippen LogP contribution in [0, 0.1) is 0 Å². The van der Waals surface area contributed by atoms with Crippen molar-refractivity contribution in [3.8, 4) is 0 Å². The second-order valence-corrected chi connectivity index (χ2v) is 6.89. The monoisotopic (exact) mass is 347 g/mol. The molecule has 1 saturated heterocycles. The van der Waals surface area contributed by atoms with Crippen LogP contribution in [0.15, 0.2) is 54.7 Å². The number of piperazine rings is 1. The lowest BCUT2D eigenvalue weighted by molar-refractivity contribution is -0.130. The van der Waals surface area contributed by atoms with E-state index in [9.17, 15) is 4.79 Å². The van der Waals surface area contributed by atoms with E-state index in [-0.39, 0.29) is 5.91 Å². The number of benzene rings is 2. The molecule has 26 heavy (non-hydrogen) atoms. The Morgan fingerprint density at radius 3 is 2.50 bits per heavy atom. The molecule has 0 spiro atoms. The summed E-state index contributed by atoms with van der Waals surface area (Å²) in [4.78, 5) is 20.4. The number of aromatic nitrogens is 1. The van der Waals surface area contributed by atoms with Gasteiger partial charge in [0.25, 0.3) is 0 Å². The number of hydrogen-bond donors (Lipinski definition) is 1. The summed E-state index contributed by atoms with van der Waals surface area (Å²) in [7, 11) is 0. The van der Waals surface area contributed by atoms with Gasteiger partial charge in [-0.2, -0.15) is 0 Å². The van der Waals surface area contributed by atoms with Gasteiger partial charge in [0.1, 0.15) is 0 Å². The Balaban J connectivity index is 1.41. The van der Waals surface area contributed by atoms with E-state index in [0.29, 0.717) is 6.42 Å². The minimum Gasteiger partial charge on any atom is -0.368 e. The molecule has 4 nitrogen and oxygen atoms in total. The number of amides is 1. The minimum absolute atomic E-state index is 0.221. The van der Waals surface area contributed by atoms with E-state index in [1.54, 1.807) is 0 Å². The molecule has 0 radical (unpaired) electrons. The van der Waals surface area contributed by atoms with Crippen LogP contribution in [0.1, 0.15) is 18.1 Å². The average Bonchev–Trinajstić information content (AvgIpc) is 3.11. The highest BCUT2D eigenvalue weighted by molar-refractivity contribution is 5.89. The number of aromatic amines is 1. The molecule has 0 atom stereocenters. The molecule has 0 aliphatic carbocycles. The summed E-state index contributed by atoms with van der Waals surface area (Å²) < 4.78 is 0. The van der Waals surface area contributed by atoms with Crippen LogP contribution in [-0.4, -0.2) is 42.0 Å². The van der Waals surface area contributed by atoms with Crippen molar-refractivity contribution in [3.05, 3.63) is 65.9 Å². The molecule has 0 saturated carbocycles. The van der Waals surface area contributed by atoms with E-state index in [1.807, 2.05) is 29.3 Å². The van der Waals surface area contributed by atoms with E-state index in [4.69, 9.17) is 0 Å². The van der Waals surface area contributed by atoms with Gasteiger partial charge >= 0.3 is 0 Å². The standard InChI is InChI=1S/C22H25N3O/c1-2-17-7-3-6-10-21(17)24-11-13-25(14-12-24)22(26)15-18-16-23-20-9-5-4-8-19(18)20/h3-10,16,23H,2,11-15H2,1H3. The molecule has 3 aromatic rings. The van der Waals surface area contributed by atoms with Crippen LogP contribution < -0.4 is 4.90 Å². The van der Waals surface area contributed by atoms with Crippen molar-refractivity contribution in [1.29, 1.82) is 0 Å². The Morgan fingerprint density at radius 2 is 1.69 bits per heavy atom. The van der Waals surface area contributed by atoms with E-state index in [0.717, 1.165) is 49.1 Å². The van der Waals surface area contributed by atoms with Crippen molar-refractivity contribution in [2.24, 2.45) is 0 Å². The topological polar surface area (TPSA) is 39.3 Å². The fraction of sp³-hybridized carbons (Fsp3) is 0.318. The highest BCUT2D eigenvalue weighted by Gasteiger charge is 2.23. The van der Waals surface area contributed by atoms with Gasteiger partial charge in [-0.3, -0.25) is 4.79 Å². The lowest BCUT2D eigenvalue weighted by Gasteiger charge is -2.37. The molecule has 1 aromatic heterocycles. The smallest absolute Gasteiger partial charge is 0.227 e. The number of nitrogens with zero attached hydrogens (tertiary/aromatic N) is 2. The molecule has 2 aromatic carbocycles. The van der Waals surface area contributed by atoms with E-state index < -0.39 is 0 Å². The third-order valence-corrected chi connectivity index (χ3v) is 5.36. The molecule has 4 rings (SSSR count). The SMILES string of the molecule is CCc1ccccc1N1CCN(C(=O)Cc2c[nH]c3ccccc23)CC1. The number of H-pyrrole nitrogens is 1. The normalized spacial score (nSPS) is 14.8. The first-order valence-corrected chi connectivity index (χ1v) is 9.42. The molecule has 0 bridgehead atoms. The van der Waals surface area contributed by atoms with Gasteiger partial charge < -0.3 is 14.8 Å². The number of rotatable bonds is 4. The molecule has 0 unspecified atom stereocenters. The molecule has 1 amide bonds. The quantitative estimate of drug-likeness (QED) is 0.783. The van der Waals surface area contributed by atoms with E-state index in [1.165, 1.54) is 11.3 Å². The maximum atomic E-state index is 12.8. The number of carbonyl (C=O) groups is 1. The van der Waals surface area contributed by atoms with Gasteiger partial charge in [0, 0.05) is 49.0 Å². The summed E-state index contributed by atoms with van der Waals surface area (Å²) in [5, 5.41) is 1.15. The summed E-state index contributed by atoms with van der Waals surface area (Å²) in [5.74, 6) is 0.221. The van der Waals surface area contributed by atoms with Crippen molar-refractivity contribution < 1.29 is 4.79 Å². The minimum atomic E-state index is 0.221. The van der Waals surface area contributed by atoms with Gasteiger partial charge in [-0.25, -0.2) is 0 Å². The number of hydrogen-bond acceptors (Lipinski definition) is 2. The summed E-state index contributed by atoms with van der Waals surface area (Å²) in [6.45, 7) is 5.57. The van der Waals surface area contributed by atoms with Crippen LogP contribution in [0.2, 0.25) is 0 Å². The Bertz CT molecular complexity index is 906. The molecule has 4 heteroatoms. The van der Waals surface area contributed by atoms with Gasteiger partial charge in [-0.05, 0) is 29.7 Å². The Kier molecular flexibility index (Phi) is 4.65. The van der Waals surface area contributed by atoms with E-state index >= 15 is 0 Å². The zero-order valence-corrected chi connectivity index (χ0v) is 15.2. The first kappa shape index (κ1) is 16.7. The van der Waals surface area contributed by atoms with E-state index in [2.05, 4.69) is 47.1 Å². The highest BCUT2D eigenvalue weighted by Crippen LogP contribution is 2.23. The zero-order valence-electron chi connectivity index (χ0n) is 15.2. The van der Waals surface area contributed by atoms with Crippen LogP contribution in [0.4, 0.5) is 5.69 Å². The third kappa shape index (κ3) is 3.19. The number of fused-ring (bicyclic) bond motifs is 1. The summed E-state index contributed by atoms with van der Waals surface area (Å²) >= 11 is 0. The third-order valence-electron chi connectivity index (χ3n) is 5.36. The molecule has 1 N–H and O–H groups in total. The fourth-order valence-corrected chi connectivity index (χ4v) is 3.87. The summed E-state index contributed by atoms with van der Waals surface area (Å²) in [6, 6.07) is 16.8.